The van der Waals surface area contributed by atoms with Crippen molar-refractivity contribution in [1.82, 2.24) is 20.5 Å². The number of H-pyrrole nitrogens is 1. The predicted octanol–water partition coefficient (Wildman–Crippen LogP) is 1.59. The third-order valence-electron chi connectivity index (χ3n) is 2.61. The second-order valence-electron chi connectivity index (χ2n) is 3.83. The van der Waals surface area contributed by atoms with Gasteiger partial charge in [0.15, 0.2) is 11.5 Å². The van der Waals surface area contributed by atoms with Gasteiger partial charge in [0.1, 0.15) is 12.2 Å². The van der Waals surface area contributed by atoms with Gasteiger partial charge in [-0.25, -0.2) is 4.98 Å². The Morgan fingerprint density at radius 3 is 2.89 bits per heavy atom. The van der Waals surface area contributed by atoms with Crippen molar-refractivity contribution >= 4 is 15.9 Å². The number of aromatic amines is 1. The van der Waals surface area contributed by atoms with Crippen molar-refractivity contribution < 1.29 is 9.47 Å². The van der Waals surface area contributed by atoms with E-state index < -0.39 is 0 Å². The molecule has 2 N–H and O–H groups in total. The van der Waals surface area contributed by atoms with Crippen LogP contribution in [0.4, 0.5) is 0 Å². The van der Waals surface area contributed by atoms with E-state index in [-0.39, 0.29) is 6.79 Å². The second kappa shape index (κ2) is 4.95. The first kappa shape index (κ1) is 11.5. The molecule has 3 rings (SSSR count). The van der Waals surface area contributed by atoms with E-state index in [9.17, 15) is 0 Å². The summed E-state index contributed by atoms with van der Waals surface area (Å²) in [7, 11) is 0. The Hall–Kier alpha value is -1.60. The number of hydrogen-bond donors (Lipinski definition) is 2. The second-order valence-corrected chi connectivity index (χ2v) is 4.69. The molecule has 7 heteroatoms. The van der Waals surface area contributed by atoms with E-state index in [0.29, 0.717) is 13.1 Å². The zero-order valence-corrected chi connectivity index (χ0v) is 11.0. The number of benzene rings is 1. The summed E-state index contributed by atoms with van der Waals surface area (Å²) < 4.78 is 11.6. The lowest BCUT2D eigenvalue weighted by atomic mass is 10.2. The van der Waals surface area contributed by atoms with Gasteiger partial charge >= 0.3 is 0 Å². The Balaban J connectivity index is 1.66. The van der Waals surface area contributed by atoms with E-state index in [2.05, 4.69) is 36.4 Å². The quantitative estimate of drug-likeness (QED) is 0.897. The van der Waals surface area contributed by atoms with Gasteiger partial charge in [-0.2, -0.15) is 5.10 Å². The molecule has 1 aromatic carbocycles. The Labute approximate surface area is 112 Å². The summed E-state index contributed by atoms with van der Waals surface area (Å²) in [4.78, 5) is 4.04. The number of hydrogen-bond acceptors (Lipinski definition) is 5. The number of aromatic nitrogens is 3. The highest BCUT2D eigenvalue weighted by molar-refractivity contribution is 9.10. The maximum atomic E-state index is 5.35. The van der Waals surface area contributed by atoms with Crippen molar-refractivity contribution in [3.8, 4) is 11.5 Å². The van der Waals surface area contributed by atoms with E-state index in [1.165, 1.54) is 6.33 Å². The van der Waals surface area contributed by atoms with Gasteiger partial charge in [-0.3, -0.25) is 5.10 Å². The molecule has 2 aromatic rings. The van der Waals surface area contributed by atoms with E-state index >= 15 is 0 Å². The van der Waals surface area contributed by atoms with Gasteiger partial charge in [0.25, 0.3) is 0 Å². The molecule has 2 heterocycles. The minimum Gasteiger partial charge on any atom is -0.454 e. The highest BCUT2D eigenvalue weighted by atomic mass is 79.9. The standard InChI is InChI=1S/C11H11BrN4O2/c12-8-2-10-9(17-6-18-10)1-7(8)3-13-4-11-14-5-15-16-11/h1-2,5,13H,3-4,6H2,(H,14,15,16). The van der Waals surface area contributed by atoms with Gasteiger partial charge in [0, 0.05) is 11.0 Å². The van der Waals surface area contributed by atoms with Crippen LogP contribution in [0.3, 0.4) is 0 Å². The summed E-state index contributed by atoms with van der Waals surface area (Å²) in [6.45, 7) is 1.63. The smallest absolute Gasteiger partial charge is 0.231 e. The topological polar surface area (TPSA) is 72.1 Å². The highest BCUT2D eigenvalue weighted by Gasteiger charge is 2.15. The fourth-order valence-corrected chi connectivity index (χ4v) is 2.19. The Bertz CT molecular complexity index is 544. The highest BCUT2D eigenvalue weighted by Crippen LogP contribution is 2.36. The van der Waals surface area contributed by atoms with Crippen LogP contribution < -0.4 is 14.8 Å². The van der Waals surface area contributed by atoms with Crippen molar-refractivity contribution in [3.05, 3.63) is 34.3 Å². The fraction of sp³-hybridized carbons (Fsp3) is 0.273. The molecule has 18 heavy (non-hydrogen) atoms. The van der Waals surface area contributed by atoms with E-state index in [0.717, 1.165) is 27.4 Å². The van der Waals surface area contributed by atoms with Crippen molar-refractivity contribution in [2.24, 2.45) is 0 Å². The molecule has 0 radical (unpaired) electrons. The fourth-order valence-electron chi connectivity index (χ4n) is 1.73. The molecule has 0 spiro atoms. The van der Waals surface area contributed by atoms with Gasteiger partial charge in [-0.1, -0.05) is 15.9 Å². The SMILES string of the molecule is Brc1cc2c(cc1CNCc1ncn[nH]1)OCO2. The molecule has 1 aliphatic rings. The molecule has 1 aromatic heterocycles. The molecule has 0 aliphatic carbocycles. The molecule has 0 bridgehead atoms. The monoisotopic (exact) mass is 310 g/mol. The van der Waals surface area contributed by atoms with Gasteiger partial charge in [-0.15, -0.1) is 0 Å². The van der Waals surface area contributed by atoms with Crippen LogP contribution in [0.5, 0.6) is 11.5 Å². The van der Waals surface area contributed by atoms with Crippen molar-refractivity contribution in [3.63, 3.8) is 0 Å². The average molecular weight is 311 g/mol. The number of nitrogens with one attached hydrogen (secondary N) is 2. The van der Waals surface area contributed by atoms with Gasteiger partial charge < -0.3 is 14.8 Å². The lowest BCUT2D eigenvalue weighted by molar-refractivity contribution is 0.174. The molecule has 94 valence electrons. The first-order valence-electron chi connectivity index (χ1n) is 5.46. The number of rotatable bonds is 4. The predicted molar refractivity (Wildman–Crippen MR) is 67.2 cm³/mol. The number of fused-ring (bicyclic) bond motifs is 1. The van der Waals surface area contributed by atoms with Crippen molar-refractivity contribution in [1.29, 1.82) is 0 Å². The van der Waals surface area contributed by atoms with Crippen LogP contribution in [0.1, 0.15) is 11.4 Å². The van der Waals surface area contributed by atoms with E-state index in [1.54, 1.807) is 0 Å². The number of halogens is 1. The average Bonchev–Trinajstić information content (AvgIpc) is 3.00. The molecule has 6 nitrogen and oxygen atoms in total. The first-order chi connectivity index (χ1) is 8.83. The van der Waals surface area contributed by atoms with Crippen molar-refractivity contribution in [2.75, 3.05) is 6.79 Å². The zero-order chi connectivity index (χ0) is 12.4. The zero-order valence-electron chi connectivity index (χ0n) is 9.44. The molecule has 0 fully saturated rings. The van der Waals surface area contributed by atoms with E-state index in [4.69, 9.17) is 9.47 Å². The Morgan fingerprint density at radius 2 is 2.11 bits per heavy atom. The maximum absolute atomic E-state index is 5.35. The van der Waals surface area contributed by atoms with Crippen LogP contribution in [0.15, 0.2) is 22.9 Å². The molecular formula is C11H11BrN4O2. The number of nitrogens with zero attached hydrogens (tertiary/aromatic N) is 2. The summed E-state index contributed by atoms with van der Waals surface area (Å²) >= 11 is 3.52. The van der Waals surface area contributed by atoms with Crippen LogP contribution in [0.25, 0.3) is 0 Å². The largest absolute Gasteiger partial charge is 0.454 e. The number of ether oxygens (including phenoxy) is 2. The summed E-state index contributed by atoms with van der Waals surface area (Å²) in [6.07, 6.45) is 1.49. The molecule has 1 aliphatic heterocycles. The molecule has 0 saturated heterocycles. The van der Waals surface area contributed by atoms with Crippen molar-refractivity contribution in [2.45, 2.75) is 13.1 Å². The van der Waals surface area contributed by atoms with E-state index in [1.807, 2.05) is 12.1 Å². The van der Waals surface area contributed by atoms with Gasteiger partial charge in [-0.05, 0) is 17.7 Å². The lowest BCUT2D eigenvalue weighted by Crippen LogP contribution is -2.14. The molecule has 0 saturated carbocycles. The normalized spacial score (nSPS) is 12.9. The minimum atomic E-state index is 0.288. The van der Waals surface area contributed by atoms with Gasteiger partial charge in [0.05, 0.1) is 6.54 Å². The third kappa shape index (κ3) is 2.32. The van der Waals surface area contributed by atoms with Crippen LogP contribution in [0.2, 0.25) is 0 Å². The maximum Gasteiger partial charge on any atom is 0.231 e. The van der Waals surface area contributed by atoms with Crippen LogP contribution in [-0.2, 0) is 13.1 Å². The lowest BCUT2D eigenvalue weighted by Gasteiger charge is -2.07. The molecule has 0 unspecified atom stereocenters. The van der Waals surface area contributed by atoms with Crippen LogP contribution in [0, 0.1) is 0 Å². The molecular weight excluding hydrogens is 300 g/mol. The van der Waals surface area contributed by atoms with Crippen LogP contribution in [-0.4, -0.2) is 22.0 Å². The summed E-state index contributed by atoms with van der Waals surface area (Å²) in [5, 5.41) is 9.87. The summed E-state index contributed by atoms with van der Waals surface area (Å²) in [6, 6.07) is 3.90. The molecule has 0 amide bonds. The van der Waals surface area contributed by atoms with Crippen LogP contribution >= 0.6 is 15.9 Å². The summed E-state index contributed by atoms with van der Waals surface area (Å²) in [5.74, 6) is 2.38. The molecule has 0 atom stereocenters. The first-order valence-corrected chi connectivity index (χ1v) is 6.25. The minimum absolute atomic E-state index is 0.288. The van der Waals surface area contributed by atoms with Gasteiger partial charge in [0.2, 0.25) is 6.79 Å². The Morgan fingerprint density at radius 1 is 1.28 bits per heavy atom. The Kier molecular flexibility index (Phi) is 3.16. The summed E-state index contributed by atoms with van der Waals surface area (Å²) in [5.41, 5.74) is 1.11. The third-order valence-corrected chi connectivity index (χ3v) is 3.35.